The van der Waals surface area contributed by atoms with Crippen molar-refractivity contribution in [1.29, 1.82) is 0 Å². The molecule has 1 amide bonds. The highest BCUT2D eigenvalue weighted by Gasteiger charge is 2.14. The second-order valence-electron chi connectivity index (χ2n) is 5.37. The molecule has 0 spiro atoms. The van der Waals surface area contributed by atoms with Crippen molar-refractivity contribution >= 4 is 11.6 Å². The second kappa shape index (κ2) is 7.90. The number of hydrogen-bond acceptors (Lipinski definition) is 3. The molecule has 4 nitrogen and oxygen atoms in total. The lowest BCUT2D eigenvalue weighted by atomic mass is 10.1. The van der Waals surface area contributed by atoms with Gasteiger partial charge in [-0.05, 0) is 37.0 Å². The van der Waals surface area contributed by atoms with E-state index in [0.717, 1.165) is 17.7 Å². The molecule has 20 heavy (non-hydrogen) atoms. The minimum absolute atomic E-state index is 0.0804. The number of rotatable bonds is 7. The molecule has 0 heterocycles. The smallest absolute Gasteiger partial charge is 0.220 e. The summed E-state index contributed by atoms with van der Waals surface area (Å²) in [6, 6.07) is 7.66. The maximum atomic E-state index is 11.7. The van der Waals surface area contributed by atoms with Gasteiger partial charge in [-0.25, -0.2) is 0 Å². The van der Waals surface area contributed by atoms with Crippen LogP contribution in [0.15, 0.2) is 24.3 Å². The molecule has 1 aliphatic rings. The van der Waals surface area contributed by atoms with Crippen molar-refractivity contribution in [2.24, 2.45) is 0 Å². The molecule has 0 radical (unpaired) electrons. The number of nitrogens with one attached hydrogen (secondary N) is 1. The number of nitrogens with two attached hydrogens (primary N) is 1. The van der Waals surface area contributed by atoms with E-state index in [1.54, 1.807) is 0 Å². The molecule has 1 aliphatic carbocycles. The van der Waals surface area contributed by atoms with Crippen LogP contribution in [0.5, 0.6) is 0 Å². The fourth-order valence-corrected chi connectivity index (χ4v) is 2.50. The van der Waals surface area contributed by atoms with Crippen LogP contribution in [-0.4, -0.2) is 25.2 Å². The van der Waals surface area contributed by atoms with Crippen LogP contribution in [0.25, 0.3) is 0 Å². The van der Waals surface area contributed by atoms with Crippen LogP contribution in [0.4, 0.5) is 5.69 Å². The molecule has 4 heteroatoms. The summed E-state index contributed by atoms with van der Waals surface area (Å²) < 4.78 is 5.70. The van der Waals surface area contributed by atoms with Crippen LogP contribution < -0.4 is 11.1 Å². The summed E-state index contributed by atoms with van der Waals surface area (Å²) in [5.74, 6) is 0.0804. The third-order valence-corrected chi connectivity index (χ3v) is 3.70. The summed E-state index contributed by atoms with van der Waals surface area (Å²) in [4.78, 5) is 11.7. The molecule has 0 saturated heterocycles. The van der Waals surface area contributed by atoms with E-state index < -0.39 is 0 Å². The van der Waals surface area contributed by atoms with Gasteiger partial charge in [0.05, 0.1) is 12.7 Å². The lowest BCUT2D eigenvalue weighted by Gasteiger charge is -2.11. The molecule has 0 bridgehead atoms. The highest BCUT2D eigenvalue weighted by molar-refractivity contribution is 5.76. The molecule has 2 rings (SSSR count). The topological polar surface area (TPSA) is 64.4 Å². The molecule has 1 fully saturated rings. The molecule has 1 aromatic carbocycles. The van der Waals surface area contributed by atoms with Crippen molar-refractivity contribution in [2.45, 2.75) is 44.6 Å². The van der Waals surface area contributed by atoms with Crippen LogP contribution in [0.2, 0.25) is 0 Å². The number of amides is 1. The van der Waals surface area contributed by atoms with Crippen molar-refractivity contribution in [1.82, 2.24) is 5.32 Å². The first-order chi connectivity index (χ1) is 9.74. The van der Waals surface area contributed by atoms with Crippen LogP contribution in [0.1, 0.15) is 37.7 Å². The van der Waals surface area contributed by atoms with Crippen molar-refractivity contribution in [3.05, 3.63) is 29.8 Å². The van der Waals surface area contributed by atoms with E-state index in [1.807, 2.05) is 24.3 Å². The van der Waals surface area contributed by atoms with Gasteiger partial charge < -0.3 is 15.8 Å². The third kappa shape index (κ3) is 5.21. The van der Waals surface area contributed by atoms with Crippen LogP contribution >= 0.6 is 0 Å². The Kier molecular flexibility index (Phi) is 5.87. The largest absolute Gasteiger partial charge is 0.399 e. The van der Waals surface area contributed by atoms with Gasteiger partial charge in [-0.1, -0.05) is 25.0 Å². The summed E-state index contributed by atoms with van der Waals surface area (Å²) in [6.07, 6.45) is 6.57. The van der Waals surface area contributed by atoms with Gasteiger partial charge in [0.2, 0.25) is 5.91 Å². The zero-order valence-electron chi connectivity index (χ0n) is 11.9. The van der Waals surface area contributed by atoms with Gasteiger partial charge in [-0.15, -0.1) is 0 Å². The average Bonchev–Trinajstić information content (AvgIpc) is 2.96. The standard InChI is InChI=1S/C16H24N2O2/c17-14-8-5-13(6-9-14)7-10-16(19)18-11-12-20-15-3-1-2-4-15/h5-6,8-9,15H,1-4,7,10-12,17H2,(H,18,19). The van der Waals surface area contributed by atoms with Gasteiger partial charge in [-0.3, -0.25) is 4.79 Å². The molecule has 0 atom stereocenters. The van der Waals surface area contributed by atoms with E-state index in [0.29, 0.717) is 25.7 Å². The Bertz CT molecular complexity index is 411. The first kappa shape index (κ1) is 14.9. The third-order valence-electron chi connectivity index (χ3n) is 3.70. The monoisotopic (exact) mass is 276 g/mol. The number of carbonyl (C=O) groups excluding carboxylic acids is 1. The molecule has 110 valence electrons. The summed E-state index contributed by atoms with van der Waals surface area (Å²) in [5.41, 5.74) is 7.51. The highest BCUT2D eigenvalue weighted by Crippen LogP contribution is 2.20. The van der Waals surface area contributed by atoms with Crippen molar-refractivity contribution < 1.29 is 9.53 Å². The fraction of sp³-hybridized carbons (Fsp3) is 0.562. The normalized spacial score (nSPS) is 15.4. The lowest BCUT2D eigenvalue weighted by molar-refractivity contribution is -0.121. The number of benzene rings is 1. The lowest BCUT2D eigenvalue weighted by Crippen LogP contribution is -2.28. The van der Waals surface area contributed by atoms with Crippen LogP contribution in [0.3, 0.4) is 0 Å². The zero-order valence-corrected chi connectivity index (χ0v) is 11.9. The van der Waals surface area contributed by atoms with Gasteiger partial charge in [0, 0.05) is 18.7 Å². The molecule has 0 aromatic heterocycles. The number of nitrogen functional groups attached to an aromatic ring is 1. The van der Waals surface area contributed by atoms with Gasteiger partial charge in [0.15, 0.2) is 0 Å². The maximum Gasteiger partial charge on any atom is 0.220 e. The minimum Gasteiger partial charge on any atom is -0.399 e. The average molecular weight is 276 g/mol. The number of carbonyl (C=O) groups is 1. The van der Waals surface area contributed by atoms with Gasteiger partial charge >= 0.3 is 0 Å². The van der Waals surface area contributed by atoms with Crippen molar-refractivity contribution in [3.8, 4) is 0 Å². The predicted octanol–water partition coefficient (Wildman–Crippen LogP) is 2.28. The molecule has 0 aliphatic heterocycles. The van der Waals surface area contributed by atoms with Gasteiger partial charge in [0.25, 0.3) is 0 Å². The molecule has 1 saturated carbocycles. The Balaban J connectivity index is 1.54. The minimum atomic E-state index is 0.0804. The summed E-state index contributed by atoms with van der Waals surface area (Å²) in [5, 5.41) is 2.90. The second-order valence-corrected chi connectivity index (χ2v) is 5.37. The summed E-state index contributed by atoms with van der Waals surface area (Å²) in [7, 11) is 0. The SMILES string of the molecule is Nc1ccc(CCC(=O)NCCOC2CCCC2)cc1. The number of anilines is 1. The Morgan fingerprint density at radius 1 is 1.25 bits per heavy atom. The van der Waals surface area contributed by atoms with E-state index in [4.69, 9.17) is 10.5 Å². The Labute approximate surface area is 120 Å². The first-order valence-corrected chi connectivity index (χ1v) is 7.47. The number of aryl methyl sites for hydroxylation is 1. The maximum absolute atomic E-state index is 11.7. The molecule has 0 unspecified atom stereocenters. The van der Waals surface area contributed by atoms with E-state index >= 15 is 0 Å². The quantitative estimate of drug-likeness (QED) is 0.593. The van der Waals surface area contributed by atoms with Crippen LogP contribution in [0, 0.1) is 0 Å². The Morgan fingerprint density at radius 2 is 1.95 bits per heavy atom. The number of hydrogen-bond donors (Lipinski definition) is 2. The van der Waals surface area contributed by atoms with Crippen molar-refractivity contribution in [2.75, 3.05) is 18.9 Å². The number of ether oxygens (including phenoxy) is 1. The molecule has 1 aromatic rings. The Morgan fingerprint density at radius 3 is 2.65 bits per heavy atom. The molecule has 3 N–H and O–H groups in total. The zero-order chi connectivity index (χ0) is 14.2. The van der Waals surface area contributed by atoms with E-state index in [9.17, 15) is 4.79 Å². The summed E-state index contributed by atoms with van der Waals surface area (Å²) >= 11 is 0. The van der Waals surface area contributed by atoms with Crippen LogP contribution in [-0.2, 0) is 16.0 Å². The first-order valence-electron chi connectivity index (χ1n) is 7.47. The predicted molar refractivity (Wildman–Crippen MR) is 80.4 cm³/mol. The Hall–Kier alpha value is -1.55. The van der Waals surface area contributed by atoms with E-state index in [2.05, 4.69) is 5.32 Å². The fourth-order valence-electron chi connectivity index (χ4n) is 2.50. The van der Waals surface area contributed by atoms with E-state index in [-0.39, 0.29) is 5.91 Å². The molecular weight excluding hydrogens is 252 g/mol. The molecular formula is C16H24N2O2. The summed E-state index contributed by atoms with van der Waals surface area (Å²) in [6.45, 7) is 1.23. The van der Waals surface area contributed by atoms with Gasteiger partial charge in [0.1, 0.15) is 0 Å². The van der Waals surface area contributed by atoms with E-state index in [1.165, 1.54) is 25.7 Å². The van der Waals surface area contributed by atoms with Gasteiger partial charge in [-0.2, -0.15) is 0 Å². The highest BCUT2D eigenvalue weighted by atomic mass is 16.5. The van der Waals surface area contributed by atoms with Crippen molar-refractivity contribution in [3.63, 3.8) is 0 Å².